The second-order valence-electron chi connectivity index (χ2n) is 6.40. The summed E-state index contributed by atoms with van der Waals surface area (Å²) in [6.07, 6.45) is 2.74. The molecule has 0 aliphatic carbocycles. The molecular formula is C17H28ClN3O3S. The van der Waals surface area contributed by atoms with Gasteiger partial charge in [-0.05, 0) is 38.3 Å². The molecule has 0 saturated carbocycles. The molecule has 1 fully saturated rings. The predicted molar refractivity (Wildman–Crippen MR) is 101 cm³/mol. The molecule has 3 N–H and O–H groups in total. The molecule has 0 spiro atoms. The van der Waals surface area contributed by atoms with E-state index in [1.807, 2.05) is 13.8 Å². The number of hydrogen-bond donors (Lipinski definition) is 2. The third-order valence-electron chi connectivity index (χ3n) is 4.40. The van der Waals surface area contributed by atoms with E-state index in [4.69, 9.17) is 5.73 Å². The molecule has 1 aliphatic rings. The standard InChI is InChI=1S/C17H27N3O3S.ClH/c1-3-4-16(18)17(21)19-14-9-11-20(12-10-14)24(22,23)15-7-5-13(2)6-8-15;/h5-8,14,16H,3-4,9-12,18H2,1-2H3,(H,19,21);1H. The molecule has 1 atom stereocenters. The van der Waals surface area contributed by atoms with Crippen LogP contribution in [0.3, 0.4) is 0 Å². The lowest BCUT2D eigenvalue weighted by Crippen LogP contribution is -2.50. The lowest BCUT2D eigenvalue weighted by atomic mass is 10.1. The van der Waals surface area contributed by atoms with Crippen molar-refractivity contribution in [1.82, 2.24) is 9.62 Å². The highest BCUT2D eigenvalue weighted by molar-refractivity contribution is 7.89. The maximum absolute atomic E-state index is 12.6. The molecular weight excluding hydrogens is 362 g/mol. The first-order chi connectivity index (χ1) is 11.3. The van der Waals surface area contributed by atoms with Crippen molar-refractivity contribution >= 4 is 28.3 Å². The summed E-state index contributed by atoms with van der Waals surface area (Å²) in [5.74, 6) is -0.142. The Bertz CT molecular complexity index is 656. The Morgan fingerprint density at radius 3 is 2.36 bits per heavy atom. The van der Waals surface area contributed by atoms with Crippen molar-refractivity contribution in [2.45, 2.75) is 56.5 Å². The van der Waals surface area contributed by atoms with Crippen LogP contribution in [-0.4, -0.2) is 43.8 Å². The Hall–Kier alpha value is -1.15. The molecule has 1 aromatic carbocycles. The average molecular weight is 390 g/mol. The van der Waals surface area contributed by atoms with E-state index < -0.39 is 16.1 Å². The number of piperidine rings is 1. The summed E-state index contributed by atoms with van der Waals surface area (Å²) in [7, 11) is -3.46. The number of hydrogen-bond acceptors (Lipinski definition) is 4. The van der Waals surface area contributed by atoms with E-state index in [1.165, 1.54) is 4.31 Å². The van der Waals surface area contributed by atoms with E-state index in [-0.39, 0.29) is 24.4 Å². The topological polar surface area (TPSA) is 92.5 Å². The number of nitrogens with zero attached hydrogens (tertiary/aromatic N) is 1. The van der Waals surface area contributed by atoms with Gasteiger partial charge in [-0.15, -0.1) is 12.4 Å². The van der Waals surface area contributed by atoms with Gasteiger partial charge in [0.05, 0.1) is 10.9 Å². The fourth-order valence-corrected chi connectivity index (χ4v) is 4.32. The van der Waals surface area contributed by atoms with E-state index in [9.17, 15) is 13.2 Å². The van der Waals surface area contributed by atoms with E-state index in [0.29, 0.717) is 37.2 Å². The minimum absolute atomic E-state index is 0. The van der Waals surface area contributed by atoms with Gasteiger partial charge in [0.25, 0.3) is 0 Å². The van der Waals surface area contributed by atoms with Crippen molar-refractivity contribution in [1.29, 1.82) is 0 Å². The molecule has 0 bridgehead atoms. The normalized spacial score (nSPS) is 17.6. The molecule has 6 nitrogen and oxygen atoms in total. The Balaban J connectivity index is 0.00000312. The summed E-state index contributed by atoms with van der Waals surface area (Å²) in [5, 5.41) is 2.94. The maximum atomic E-state index is 12.6. The van der Waals surface area contributed by atoms with Crippen molar-refractivity contribution in [3.63, 3.8) is 0 Å². The van der Waals surface area contributed by atoms with Crippen LogP contribution in [-0.2, 0) is 14.8 Å². The zero-order valence-electron chi connectivity index (χ0n) is 14.8. The first-order valence-electron chi connectivity index (χ1n) is 8.47. The molecule has 1 saturated heterocycles. The van der Waals surface area contributed by atoms with Gasteiger partial charge in [-0.1, -0.05) is 31.0 Å². The Morgan fingerprint density at radius 2 is 1.84 bits per heavy atom. The molecule has 0 radical (unpaired) electrons. The Kier molecular flexibility index (Phi) is 8.34. The number of halogens is 1. The largest absolute Gasteiger partial charge is 0.352 e. The summed E-state index contributed by atoms with van der Waals surface area (Å²) in [6, 6.07) is 6.39. The zero-order valence-corrected chi connectivity index (χ0v) is 16.4. The van der Waals surface area contributed by atoms with Gasteiger partial charge in [0.15, 0.2) is 0 Å². The number of carbonyl (C=O) groups is 1. The molecule has 25 heavy (non-hydrogen) atoms. The van der Waals surface area contributed by atoms with Crippen LogP contribution in [0.1, 0.15) is 38.2 Å². The number of aryl methyl sites for hydroxylation is 1. The summed E-state index contributed by atoms with van der Waals surface area (Å²) >= 11 is 0. The smallest absolute Gasteiger partial charge is 0.243 e. The quantitative estimate of drug-likeness (QED) is 0.776. The molecule has 1 unspecified atom stereocenters. The molecule has 142 valence electrons. The summed E-state index contributed by atoms with van der Waals surface area (Å²) < 4.78 is 26.8. The fraction of sp³-hybridized carbons (Fsp3) is 0.588. The van der Waals surface area contributed by atoms with E-state index >= 15 is 0 Å². The second-order valence-corrected chi connectivity index (χ2v) is 8.33. The molecule has 2 rings (SSSR count). The fourth-order valence-electron chi connectivity index (χ4n) is 2.85. The highest BCUT2D eigenvalue weighted by atomic mass is 35.5. The van der Waals surface area contributed by atoms with Crippen LogP contribution < -0.4 is 11.1 Å². The van der Waals surface area contributed by atoms with Crippen LogP contribution in [0, 0.1) is 6.92 Å². The zero-order chi connectivity index (χ0) is 17.7. The highest BCUT2D eigenvalue weighted by Gasteiger charge is 2.30. The third-order valence-corrected chi connectivity index (χ3v) is 6.31. The minimum Gasteiger partial charge on any atom is -0.352 e. The van der Waals surface area contributed by atoms with Crippen LogP contribution in [0.2, 0.25) is 0 Å². The van der Waals surface area contributed by atoms with Gasteiger partial charge in [0.1, 0.15) is 0 Å². The van der Waals surface area contributed by atoms with Gasteiger partial charge in [-0.25, -0.2) is 8.42 Å². The van der Waals surface area contributed by atoms with Gasteiger partial charge in [0, 0.05) is 19.1 Å². The van der Waals surface area contributed by atoms with Crippen LogP contribution >= 0.6 is 12.4 Å². The molecule has 1 heterocycles. The van der Waals surface area contributed by atoms with Crippen molar-refractivity contribution in [2.24, 2.45) is 5.73 Å². The first kappa shape index (κ1) is 21.9. The van der Waals surface area contributed by atoms with Crippen LogP contribution in [0.5, 0.6) is 0 Å². The summed E-state index contributed by atoms with van der Waals surface area (Å²) in [4.78, 5) is 12.3. The lowest BCUT2D eigenvalue weighted by molar-refractivity contribution is -0.123. The number of rotatable bonds is 6. The van der Waals surface area contributed by atoms with E-state index in [0.717, 1.165) is 12.0 Å². The molecule has 1 aromatic rings. The van der Waals surface area contributed by atoms with E-state index in [2.05, 4.69) is 5.32 Å². The number of nitrogens with one attached hydrogen (secondary N) is 1. The number of benzene rings is 1. The van der Waals surface area contributed by atoms with Gasteiger partial charge in [-0.3, -0.25) is 4.79 Å². The van der Waals surface area contributed by atoms with Crippen molar-refractivity contribution in [3.05, 3.63) is 29.8 Å². The number of amides is 1. The number of nitrogens with two attached hydrogens (primary N) is 1. The highest BCUT2D eigenvalue weighted by Crippen LogP contribution is 2.21. The molecule has 0 aromatic heterocycles. The van der Waals surface area contributed by atoms with Gasteiger partial charge in [0.2, 0.25) is 15.9 Å². The van der Waals surface area contributed by atoms with Crippen LogP contribution in [0.15, 0.2) is 29.2 Å². The molecule has 8 heteroatoms. The van der Waals surface area contributed by atoms with Crippen LogP contribution in [0.25, 0.3) is 0 Å². The van der Waals surface area contributed by atoms with E-state index in [1.54, 1.807) is 24.3 Å². The van der Waals surface area contributed by atoms with Gasteiger partial charge >= 0.3 is 0 Å². The summed E-state index contributed by atoms with van der Waals surface area (Å²) in [6.45, 7) is 4.73. The van der Waals surface area contributed by atoms with Crippen molar-refractivity contribution < 1.29 is 13.2 Å². The third kappa shape index (κ3) is 5.67. The first-order valence-corrected chi connectivity index (χ1v) is 9.91. The number of sulfonamides is 1. The minimum atomic E-state index is -3.46. The lowest BCUT2D eigenvalue weighted by Gasteiger charge is -2.32. The molecule has 1 aliphatic heterocycles. The van der Waals surface area contributed by atoms with Crippen LogP contribution in [0.4, 0.5) is 0 Å². The Morgan fingerprint density at radius 1 is 1.28 bits per heavy atom. The van der Waals surface area contributed by atoms with Crippen molar-refractivity contribution in [3.8, 4) is 0 Å². The van der Waals surface area contributed by atoms with Gasteiger partial charge < -0.3 is 11.1 Å². The average Bonchev–Trinajstić information content (AvgIpc) is 2.56. The maximum Gasteiger partial charge on any atom is 0.243 e. The molecule has 1 amide bonds. The summed E-state index contributed by atoms with van der Waals surface area (Å²) in [5.41, 5.74) is 6.84. The van der Waals surface area contributed by atoms with Gasteiger partial charge in [-0.2, -0.15) is 4.31 Å². The van der Waals surface area contributed by atoms with Crippen molar-refractivity contribution in [2.75, 3.05) is 13.1 Å². The monoisotopic (exact) mass is 389 g/mol. The second kappa shape index (κ2) is 9.52. The SMILES string of the molecule is CCCC(N)C(=O)NC1CCN(S(=O)(=O)c2ccc(C)cc2)CC1.Cl. The predicted octanol–water partition coefficient (Wildman–Crippen LogP) is 1.81. The Labute approximate surface area is 156 Å². The number of carbonyl (C=O) groups excluding carboxylic acids is 1.